The van der Waals surface area contributed by atoms with E-state index in [1.165, 1.54) is 32.4 Å². The Morgan fingerprint density at radius 3 is 1.88 bits per heavy atom. The monoisotopic (exact) mass is 217 g/mol. The molecule has 2 aliphatic rings. The fraction of sp³-hybridized carbons (Fsp3) is 0.417. The average molecular weight is 217 g/mol. The lowest BCUT2D eigenvalue weighted by Gasteiger charge is -2.08. The second-order valence-electron chi connectivity index (χ2n) is 3.81. The van der Waals surface area contributed by atoms with Gasteiger partial charge in [0.2, 0.25) is 0 Å². The van der Waals surface area contributed by atoms with E-state index in [4.69, 9.17) is 0 Å². The highest BCUT2D eigenvalue weighted by molar-refractivity contribution is 5.77. The van der Waals surface area contributed by atoms with Crippen LogP contribution < -0.4 is 16.0 Å². The van der Waals surface area contributed by atoms with Crippen molar-refractivity contribution >= 4 is 6.03 Å². The molecule has 0 aliphatic carbocycles. The lowest BCUT2D eigenvalue weighted by Crippen LogP contribution is -2.21. The predicted octanol–water partition coefficient (Wildman–Crippen LogP) is 0.819. The molecule has 0 unspecified atom stereocenters. The number of amides is 2. The van der Waals surface area contributed by atoms with Crippen LogP contribution in [0, 0.1) is 0 Å². The minimum atomic E-state index is -0.402. The summed E-state index contributed by atoms with van der Waals surface area (Å²) in [5.74, 6) is 0. The minimum absolute atomic E-state index is 0.402. The second kappa shape index (κ2) is 5.51. The van der Waals surface area contributed by atoms with Crippen molar-refractivity contribution in [1.29, 1.82) is 0 Å². The van der Waals surface area contributed by atoms with Crippen LogP contribution in [0.4, 0.5) is 4.79 Å². The van der Waals surface area contributed by atoms with E-state index in [9.17, 15) is 4.79 Å². The van der Waals surface area contributed by atoms with Crippen molar-refractivity contribution in [2.45, 2.75) is 19.3 Å². The number of hydrogen-bond donors (Lipinski definition) is 1. The average Bonchev–Trinajstić information content (AvgIpc) is 2.72. The van der Waals surface area contributed by atoms with Gasteiger partial charge in [-0.05, 0) is 38.1 Å². The summed E-state index contributed by atoms with van der Waals surface area (Å²) < 4.78 is 0. The van der Waals surface area contributed by atoms with Gasteiger partial charge in [0.15, 0.2) is 0 Å². The first-order valence-electron chi connectivity index (χ1n) is 5.63. The van der Waals surface area contributed by atoms with Crippen LogP contribution in [-0.4, -0.2) is 19.1 Å². The van der Waals surface area contributed by atoms with Gasteiger partial charge in [0, 0.05) is 0 Å². The van der Waals surface area contributed by atoms with E-state index < -0.39 is 6.03 Å². The highest BCUT2D eigenvalue weighted by Crippen LogP contribution is 1.96. The molecule has 4 nitrogen and oxygen atoms in total. The molecule has 0 atom stereocenters. The summed E-state index contributed by atoms with van der Waals surface area (Å²) in [6, 6.07) is 6.79. The Balaban J connectivity index is 0.000000138. The van der Waals surface area contributed by atoms with E-state index in [1.54, 1.807) is 12.1 Å². The SMILES string of the molecule is C1CCNCC1.O=C1N=c2ccccc2=N1. The van der Waals surface area contributed by atoms with Gasteiger partial charge in [-0.15, -0.1) is 0 Å². The summed E-state index contributed by atoms with van der Waals surface area (Å²) in [6.07, 6.45) is 4.22. The Morgan fingerprint density at radius 1 is 0.938 bits per heavy atom. The lowest BCUT2D eigenvalue weighted by atomic mass is 10.2. The maximum absolute atomic E-state index is 10.6. The number of carbonyl (C=O) groups is 1. The normalized spacial score (nSPS) is 17.6. The number of rotatable bonds is 0. The number of benzene rings is 1. The fourth-order valence-corrected chi connectivity index (χ4v) is 1.69. The molecule has 1 saturated heterocycles. The number of para-hydroxylation sites is 2. The highest BCUT2D eigenvalue weighted by Gasteiger charge is 2.01. The molecule has 1 aromatic rings. The van der Waals surface area contributed by atoms with Crippen molar-refractivity contribution in [2.24, 2.45) is 9.98 Å². The van der Waals surface area contributed by atoms with Gasteiger partial charge in [-0.2, -0.15) is 9.98 Å². The molecule has 4 heteroatoms. The molecule has 84 valence electrons. The van der Waals surface area contributed by atoms with Gasteiger partial charge >= 0.3 is 6.03 Å². The molecule has 2 heterocycles. The molecule has 1 fully saturated rings. The van der Waals surface area contributed by atoms with E-state index in [1.807, 2.05) is 12.1 Å². The number of fused-ring (bicyclic) bond motifs is 1. The Labute approximate surface area is 94.1 Å². The summed E-state index contributed by atoms with van der Waals surface area (Å²) in [5.41, 5.74) is 0. The number of urea groups is 1. The quantitative estimate of drug-likeness (QED) is 0.699. The third-order valence-electron chi connectivity index (χ3n) is 2.52. The summed E-state index contributed by atoms with van der Waals surface area (Å²) in [4.78, 5) is 17.9. The van der Waals surface area contributed by atoms with Gasteiger partial charge < -0.3 is 5.32 Å². The third kappa shape index (κ3) is 2.97. The van der Waals surface area contributed by atoms with Gasteiger partial charge in [-0.3, -0.25) is 0 Å². The molecule has 0 radical (unpaired) electrons. The zero-order valence-electron chi connectivity index (χ0n) is 9.15. The van der Waals surface area contributed by atoms with Crippen molar-refractivity contribution in [3.63, 3.8) is 0 Å². The van der Waals surface area contributed by atoms with Gasteiger partial charge in [0.05, 0.1) is 10.7 Å². The molecular weight excluding hydrogens is 202 g/mol. The second-order valence-corrected chi connectivity index (χ2v) is 3.81. The first-order valence-corrected chi connectivity index (χ1v) is 5.63. The summed E-state index contributed by atoms with van der Waals surface area (Å²) in [5, 5.41) is 4.63. The first-order chi connectivity index (χ1) is 7.86. The topological polar surface area (TPSA) is 53.8 Å². The zero-order chi connectivity index (χ0) is 11.2. The van der Waals surface area contributed by atoms with Crippen LogP contribution in [0.1, 0.15) is 19.3 Å². The van der Waals surface area contributed by atoms with E-state index in [0.717, 1.165) is 0 Å². The van der Waals surface area contributed by atoms with E-state index in [-0.39, 0.29) is 0 Å². The Hall–Kier alpha value is -1.55. The van der Waals surface area contributed by atoms with Crippen molar-refractivity contribution < 1.29 is 4.79 Å². The molecule has 0 bridgehead atoms. The Kier molecular flexibility index (Phi) is 3.77. The van der Waals surface area contributed by atoms with Crippen LogP contribution >= 0.6 is 0 Å². The largest absolute Gasteiger partial charge is 0.368 e. The molecule has 0 aromatic heterocycles. The Morgan fingerprint density at radius 2 is 1.50 bits per heavy atom. The standard InChI is InChI=1S/C7H4N2O.C5H11N/c10-7-8-5-3-1-2-4-6(5)9-7;1-2-4-6-5-3-1/h1-4H;6H,1-5H2. The molecule has 1 N–H and O–H groups in total. The van der Waals surface area contributed by atoms with Crippen LogP contribution in [0.15, 0.2) is 34.3 Å². The zero-order valence-corrected chi connectivity index (χ0v) is 9.15. The number of nitrogens with zero attached hydrogens (tertiary/aromatic N) is 2. The van der Waals surface area contributed by atoms with Gasteiger partial charge in [-0.25, -0.2) is 4.79 Å². The minimum Gasteiger partial charge on any atom is -0.317 e. The van der Waals surface area contributed by atoms with Crippen molar-refractivity contribution in [3.05, 3.63) is 35.0 Å². The first kappa shape index (κ1) is 11.0. The van der Waals surface area contributed by atoms with Gasteiger partial charge in [0.25, 0.3) is 0 Å². The summed E-state index contributed by atoms with van der Waals surface area (Å²) in [6.45, 7) is 2.50. The molecule has 0 spiro atoms. The fourth-order valence-electron chi connectivity index (χ4n) is 1.69. The molecule has 16 heavy (non-hydrogen) atoms. The van der Waals surface area contributed by atoms with Crippen LogP contribution in [-0.2, 0) is 0 Å². The highest BCUT2D eigenvalue weighted by atomic mass is 16.2. The molecular formula is C12H15N3O. The van der Waals surface area contributed by atoms with E-state index in [2.05, 4.69) is 15.3 Å². The van der Waals surface area contributed by atoms with Gasteiger partial charge in [0.1, 0.15) is 0 Å². The number of carbonyl (C=O) groups excluding carboxylic acids is 1. The van der Waals surface area contributed by atoms with Gasteiger partial charge in [-0.1, -0.05) is 18.6 Å². The summed E-state index contributed by atoms with van der Waals surface area (Å²) >= 11 is 0. The van der Waals surface area contributed by atoms with Crippen molar-refractivity contribution in [2.75, 3.05) is 13.1 Å². The van der Waals surface area contributed by atoms with Crippen LogP contribution in [0.5, 0.6) is 0 Å². The molecule has 0 saturated carbocycles. The maximum Gasteiger partial charge on any atom is 0.368 e. The van der Waals surface area contributed by atoms with Crippen LogP contribution in [0.2, 0.25) is 0 Å². The Bertz CT molecular complexity index is 429. The van der Waals surface area contributed by atoms with E-state index >= 15 is 0 Å². The molecule has 3 rings (SSSR count). The molecule has 2 aliphatic heterocycles. The van der Waals surface area contributed by atoms with Crippen LogP contribution in [0.3, 0.4) is 0 Å². The van der Waals surface area contributed by atoms with Crippen molar-refractivity contribution in [3.8, 4) is 0 Å². The van der Waals surface area contributed by atoms with Crippen molar-refractivity contribution in [1.82, 2.24) is 5.32 Å². The number of hydrogen-bond acceptors (Lipinski definition) is 2. The molecule has 2 amide bonds. The third-order valence-corrected chi connectivity index (χ3v) is 2.52. The summed E-state index contributed by atoms with van der Waals surface area (Å²) in [7, 11) is 0. The van der Waals surface area contributed by atoms with E-state index in [0.29, 0.717) is 10.7 Å². The number of nitrogens with one attached hydrogen (secondary N) is 1. The molecule has 1 aromatic carbocycles. The lowest BCUT2D eigenvalue weighted by molar-refractivity contribution is 0.256. The maximum atomic E-state index is 10.6. The number of piperidine rings is 1. The smallest absolute Gasteiger partial charge is 0.317 e. The van der Waals surface area contributed by atoms with Crippen LogP contribution in [0.25, 0.3) is 0 Å². The predicted molar refractivity (Wildman–Crippen MR) is 60.9 cm³/mol.